The third kappa shape index (κ3) is 3.39. The Kier molecular flexibility index (Phi) is 4.07. The molecule has 1 aliphatic heterocycles. The van der Waals surface area contributed by atoms with Crippen molar-refractivity contribution in [3.8, 4) is 0 Å². The molecule has 0 atom stereocenters. The Morgan fingerprint density at radius 1 is 1.44 bits per heavy atom. The number of aromatic nitrogens is 1. The first-order valence-corrected chi connectivity index (χ1v) is 7.23. The van der Waals surface area contributed by atoms with Gasteiger partial charge in [0, 0.05) is 41.1 Å². The Morgan fingerprint density at radius 2 is 2.19 bits per heavy atom. The van der Waals surface area contributed by atoms with E-state index in [2.05, 4.69) is 22.4 Å². The van der Waals surface area contributed by atoms with Crippen molar-refractivity contribution in [2.75, 3.05) is 11.5 Å². The number of rotatable bonds is 3. The first-order valence-electron chi connectivity index (χ1n) is 5.74. The van der Waals surface area contributed by atoms with Crippen LogP contribution in [0.15, 0.2) is 18.3 Å². The van der Waals surface area contributed by atoms with Gasteiger partial charge in [-0.3, -0.25) is 9.19 Å². The van der Waals surface area contributed by atoms with E-state index >= 15 is 0 Å². The highest BCUT2D eigenvalue weighted by Gasteiger charge is 2.16. The molecular weight excluding hydrogens is 220 g/mol. The molecule has 1 saturated heterocycles. The van der Waals surface area contributed by atoms with Gasteiger partial charge < -0.3 is 5.32 Å². The lowest BCUT2D eigenvalue weighted by Gasteiger charge is -2.22. The quantitative estimate of drug-likeness (QED) is 0.865. The van der Waals surface area contributed by atoms with Gasteiger partial charge in [0.15, 0.2) is 0 Å². The van der Waals surface area contributed by atoms with Gasteiger partial charge in [-0.15, -0.1) is 0 Å². The van der Waals surface area contributed by atoms with E-state index in [1.54, 1.807) is 0 Å². The van der Waals surface area contributed by atoms with E-state index in [-0.39, 0.29) is 0 Å². The molecule has 0 aliphatic carbocycles. The second kappa shape index (κ2) is 5.55. The minimum atomic E-state index is -0.568. The highest BCUT2D eigenvalue weighted by atomic mass is 32.2. The van der Waals surface area contributed by atoms with Crippen molar-refractivity contribution in [1.82, 2.24) is 10.3 Å². The fourth-order valence-corrected chi connectivity index (χ4v) is 3.15. The number of pyridine rings is 1. The summed E-state index contributed by atoms with van der Waals surface area (Å²) in [5, 5.41) is 3.48. The topological polar surface area (TPSA) is 42.0 Å². The minimum absolute atomic E-state index is 0.515. The van der Waals surface area contributed by atoms with Crippen molar-refractivity contribution in [2.24, 2.45) is 0 Å². The van der Waals surface area contributed by atoms with Crippen LogP contribution in [0.3, 0.4) is 0 Å². The smallest absolute Gasteiger partial charge is 0.0541 e. The van der Waals surface area contributed by atoms with Gasteiger partial charge in [0.2, 0.25) is 0 Å². The van der Waals surface area contributed by atoms with E-state index in [1.807, 2.05) is 13.1 Å². The maximum atomic E-state index is 11.2. The summed E-state index contributed by atoms with van der Waals surface area (Å²) >= 11 is 0. The molecule has 1 fully saturated rings. The predicted octanol–water partition coefficient (Wildman–Crippen LogP) is 1.39. The summed E-state index contributed by atoms with van der Waals surface area (Å²) < 4.78 is 11.2. The monoisotopic (exact) mass is 238 g/mol. The Bertz CT molecular complexity index is 354. The molecule has 0 saturated carbocycles. The first-order chi connectivity index (χ1) is 7.74. The van der Waals surface area contributed by atoms with Crippen LogP contribution in [-0.2, 0) is 17.3 Å². The molecule has 1 aromatic heterocycles. The van der Waals surface area contributed by atoms with Crippen molar-refractivity contribution < 1.29 is 4.21 Å². The molecule has 4 heteroatoms. The molecule has 1 aliphatic rings. The van der Waals surface area contributed by atoms with Crippen LogP contribution in [0.2, 0.25) is 0 Å². The summed E-state index contributed by atoms with van der Waals surface area (Å²) in [7, 11) is -0.568. The van der Waals surface area contributed by atoms with Gasteiger partial charge in [-0.2, -0.15) is 0 Å². The molecule has 0 radical (unpaired) electrons. The lowest BCUT2D eigenvalue weighted by atomic mass is 10.1. The lowest BCUT2D eigenvalue weighted by molar-refractivity contribution is 0.472. The average molecular weight is 238 g/mol. The van der Waals surface area contributed by atoms with E-state index in [0.717, 1.165) is 36.6 Å². The fourth-order valence-electron chi connectivity index (χ4n) is 1.85. The highest BCUT2D eigenvalue weighted by Crippen LogP contribution is 2.09. The zero-order valence-electron chi connectivity index (χ0n) is 9.61. The van der Waals surface area contributed by atoms with Crippen molar-refractivity contribution in [3.05, 3.63) is 29.6 Å². The van der Waals surface area contributed by atoms with Gasteiger partial charge in [-0.1, -0.05) is 6.07 Å². The van der Waals surface area contributed by atoms with Gasteiger partial charge in [0.05, 0.1) is 5.69 Å². The summed E-state index contributed by atoms with van der Waals surface area (Å²) in [6.45, 7) is 2.86. The third-order valence-corrected chi connectivity index (χ3v) is 4.31. The van der Waals surface area contributed by atoms with Crippen LogP contribution in [0.1, 0.15) is 24.1 Å². The SMILES string of the molecule is Cc1ccc(CNC2CCS(=O)CC2)nc1. The molecule has 2 heterocycles. The van der Waals surface area contributed by atoms with Gasteiger partial charge in [0.25, 0.3) is 0 Å². The van der Waals surface area contributed by atoms with E-state index in [4.69, 9.17) is 0 Å². The molecule has 0 unspecified atom stereocenters. The van der Waals surface area contributed by atoms with Crippen LogP contribution in [0, 0.1) is 6.92 Å². The van der Waals surface area contributed by atoms with Crippen LogP contribution >= 0.6 is 0 Å². The van der Waals surface area contributed by atoms with E-state index < -0.39 is 10.8 Å². The lowest BCUT2D eigenvalue weighted by Crippen LogP contribution is -2.35. The average Bonchev–Trinajstić information content (AvgIpc) is 2.30. The molecule has 0 bridgehead atoms. The van der Waals surface area contributed by atoms with Crippen molar-refractivity contribution >= 4 is 10.8 Å². The molecule has 0 amide bonds. The molecule has 1 N–H and O–H groups in total. The number of nitrogens with one attached hydrogen (secondary N) is 1. The maximum absolute atomic E-state index is 11.2. The summed E-state index contributed by atoms with van der Waals surface area (Å²) in [5.41, 5.74) is 2.27. The second-order valence-corrected chi connectivity index (χ2v) is 6.03. The maximum Gasteiger partial charge on any atom is 0.0541 e. The molecule has 0 spiro atoms. The third-order valence-electron chi connectivity index (χ3n) is 2.93. The van der Waals surface area contributed by atoms with E-state index in [1.165, 1.54) is 5.56 Å². The molecule has 88 valence electrons. The molecule has 3 nitrogen and oxygen atoms in total. The summed E-state index contributed by atoms with van der Waals surface area (Å²) in [6, 6.07) is 4.66. The van der Waals surface area contributed by atoms with Crippen molar-refractivity contribution in [1.29, 1.82) is 0 Å². The molecular formula is C12H18N2OS. The van der Waals surface area contributed by atoms with Crippen LogP contribution in [0.25, 0.3) is 0 Å². The summed E-state index contributed by atoms with van der Waals surface area (Å²) in [6.07, 6.45) is 3.95. The van der Waals surface area contributed by atoms with Gasteiger partial charge >= 0.3 is 0 Å². The van der Waals surface area contributed by atoms with Crippen molar-refractivity contribution in [2.45, 2.75) is 32.4 Å². The standard InChI is InChI=1S/C12H18N2OS/c1-10-2-3-12(13-8-10)9-14-11-4-6-16(15)7-5-11/h2-3,8,11,14H,4-7,9H2,1H3. The normalized spacial score (nSPS) is 25.6. The van der Waals surface area contributed by atoms with Crippen LogP contribution in [0.4, 0.5) is 0 Å². The number of nitrogens with zero attached hydrogens (tertiary/aromatic N) is 1. The van der Waals surface area contributed by atoms with Crippen LogP contribution in [-0.4, -0.2) is 26.7 Å². The summed E-state index contributed by atoms with van der Waals surface area (Å²) in [5.74, 6) is 1.69. The number of hydrogen-bond donors (Lipinski definition) is 1. The first kappa shape index (κ1) is 11.7. The zero-order chi connectivity index (χ0) is 11.4. The Labute approximate surface area is 99.1 Å². The highest BCUT2D eigenvalue weighted by molar-refractivity contribution is 7.85. The Morgan fingerprint density at radius 3 is 2.81 bits per heavy atom. The molecule has 16 heavy (non-hydrogen) atoms. The second-order valence-electron chi connectivity index (χ2n) is 4.33. The largest absolute Gasteiger partial charge is 0.308 e. The number of hydrogen-bond acceptors (Lipinski definition) is 3. The summed E-state index contributed by atoms with van der Waals surface area (Å²) in [4.78, 5) is 4.36. The Hall–Kier alpha value is -0.740. The van der Waals surface area contributed by atoms with Gasteiger partial charge in [-0.25, -0.2) is 0 Å². The van der Waals surface area contributed by atoms with E-state index in [0.29, 0.717) is 6.04 Å². The minimum Gasteiger partial charge on any atom is -0.308 e. The fraction of sp³-hybridized carbons (Fsp3) is 0.583. The van der Waals surface area contributed by atoms with Crippen LogP contribution < -0.4 is 5.32 Å². The van der Waals surface area contributed by atoms with Gasteiger partial charge in [-0.05, 0) is 31.4 Å². The predicted molar refractivity (Wildman–Crippen MR) is 66.7 cm³/mol. The number of aryl methyl sites for hydroxylation is 1. The molecule has 0 aromatic carbocycles. The van der Waals surface area contributed by atoms with Crippen molar-refractivity contribution in [3.63, 3.8) is 0 Å². The Balaban J connectivity index is 1.79. The van der Waals surface area contributed by atoms with Gasteiger partial charge in [0.1, 0.15) is 0 Å². The molecule has 2 rings (SSSR count). The molecule has 1 aromatic rings. The van der Waals surface area contributed by atoms with Crippen LogP contribution in [0.5, 0.6) is 0 Å². The van der Waals surface area contributed by atoms with E-state index in [9.17, 15) is 4.21 Å². The zero-order valence-corrected chi connectivity index (χ0v) is 10.4.